The van der Waals surface area contributed by atoms with Crippen molar-refractivity contribution in [2.75, 3.05) is 29.5 Å². The molecule has 0 saturated heterocycles. The van der Waals surface area contributed by atoms with E-state index in [-0.39, 0.29) is 112 Å². The summed E-state index contributed by atoms with van der Waals surface area (Å²) >= 11 is 0.795. The third-order valence-electron chi connectivity index (χ3n) is 10.8. The monoisotopic (exact) mass is 946 g/mol. The van der Waals surface area contributed by atoms with Crippen molar-refractivity contribution in [3.63, 3.8) is 0 Å². The second-order valence-electron chi connectivity index (χ2n) is 16.8. The minimum atomic E-state index is -4.72. The molecule has 14 nitrogen and oxygen atoms in total. The van der Waals surface area contributed by atoms with Crippen molar-refractivity contribution in [3.8, 4) is 0 Å². The van der Waals surface area contributed by atoms with Gasteiger partial charge in [0.05, 0.1) is 42.6 Å². The van der Waals surface area contributed by atoms with Crippen LogP contribution in [0.3, 0.4) is 0 Å². The molecule has 0 N–H and O–H groups in total. The molecule has 0 unspecified atom stereocenters. The van der Waals surface area contributed by atoms with Gasteiger partial charge in [-0.15, -0.1) is 0 Å². The third-order valence-corrected chi connectivity index (χ3v) is 13.8. The summed E-state index contributed by atoms with van der Waals surface area (Å²) in [6, 6.07) is 9.90. The van der Waals surface area contributed by atoms with Gasteiger partial charge in [-0.2, -0.15) is 8.91 Å². The predicted octanol–water partition coefficient (Wildman–Crippen LogP) is -3.23. The van der Waals surface area contributed by atoms with E-state index < -0.39 is 52.7 Å². The van der Waals surface area contributed by atoms with Crippen LogP contribution in [0.1, 0.15) is 91.2 Å². The maximum Gasteiger partial charge on any atom is 1.00 e. The van der Waals surface area contributed by atoms with Crippen LogP contribution in [0.15, 0.2) is 93.4 Å². The van der Waals surface area contributed by atoms with Crippen LogP contribution in [0.5, 0.6) is 0 Å². The van der Waals surface area contributed by atoms with Crippen molar-refractivity contribution in [3.05, 3.63) is 94.7 Å². The summed E-state index contributed by atoms with van der Waals surface area (Å²) in [7, 11) is -13.5. The van der Waals surface area contributed by atoms with Crippen molar-refractivity contribution in [1.29, 1.82) is 0 Å². The van der Waals surface area contributed by atoms with Gasteiger partial charge in [0.15, 0.2) is 5.71 Å². The number of hydrogen-bond donors (Lipinski definition) is 0. The number of hydrogen-bond acceptors (Lipinski definition) is 14. The van der Waals surface area contributed by atoms with E-state index in [2.05, 4.69) is 54.1 Å². The van der Waals surface area contributed by atoms with Crippen LogP contribution < -0.4 is 98.8 Å². The van der Waals surface area contributed by atoms with Gasteiger partial charge in [0.1, 0.15) is 16.7 Å². The fourth-order valence-corrected chi connectivity index (χ4v) is 10.3. The molecule has 0 bridgehead atoms. The van der Waals surface area contributed by atoms with E-state index in [4.69, 9.17) is 0 Å². The molecule has 2 aromatic rings. The molecule has 0 fully saturated rings. The van der Waals surface area contributed by atoms with Crippen molar-refractivity contribution in [2.45, 2.75) is 101 Å². The van der Waals surface area contributed by atoms with E-state index in [1.54, 1.807) is 12.1 Å². The summed E-state index contributed by atoms with van der Waals surface area (Å²) in [6.07, 6.45) is 12.9. The Morgan fingerprint density at radius 2 is 1.44 bits per heavy atom. The standard InChI is InChI=1S/C40H52N2O12S4.3Na/c1-38(2)26-28(12-11-13-36-39(3,4)33-25-31(58(50,51)52)15-17-35(33)41(36)18-7-9-20-56(44,45)46)22-29(27-38)23-37-40(5,6)32-24-30(55-54-53-43)14-16-34(32)42(37)19-8-10-21-57(47,48)49;;;/h11-17,22-25H,7-10,18-21,26-27H2,1-6H3,(H3-,43,44,45,46,47,48,49,50,51,52);;;/q;3*+1/p-3. The van der Waals surface area contributed by atoms with Gasteiger partial charge >= 0.3 is 88.7 Å². The molecule has 21 heteroatoms. The molecular formula is C40H49N2Na3O12S4. The molecule has 61 heavy (non-hydrogen) atoms. The van der Waals surface area contributed by atoms with E-state index in [1.807, 2.05) is 48.8 Å². The third kappa shape index (κ3) is 14.9. The number of allylic oxidation sites excluding steroid dienone is 8. The number of nitrogens with zero attached hydrogens (tertiary/aromatic N) is 2. The van der Waals surface area contributed by atoms with Gasteiger partial charge in [0.2, 0.25) is 5.69 Å². The summed E-state index contributed by atoms with van der Waals surface area (Å²) in [6.45, 7) is 13.2. The fourth-order valence-electron chi connectivity index (χ4n) is 8.26. The van der Waals surface area contributed by atoms with Gasteiger partial charge in [-0.3, -0.25) is 5.04 Å². The molecule has 2 aliphatic heterocycles. The van der Waals surface area contributed by atoms with E-state index in [0.717, 1.165) is 58.7 Å². The molecule has 1 aliphatic carbocycles. The maximum atomic E-state index is 12.0. The Kier molecular flexibility index (Phi) is 21.1. The fraction of sp³-hybridized carbons (Fsp3) is 0.475. The Hall–Kier alpha value is -0.170. The second kappa shape index (κ2) is 22.5. The molecule has 2 aromatic carbocycles. The minimum Gasteiger partial charge on any atom is -0.748 e. The van der Waals surface area contributed by atoms with Crippen molar-refractivity contribution >= 4 is 59.5 Å². The Labute approximate surface area is 431 Å². The summed E-state index contributed by atoms with van der Waals surface area (Å²) < 4.78 is 110. The normalized spacial score (nSPS) is 19.3. The summed E-state index contributed by atoms with van der Waals surface area (Å²) in [5.74, 6) is -0.948. The van der Waals surface area contributed by atoms with Crippen LogP contribution in [-0.4, -0.2) is 73.8 Å². The number of benzene rings is 2. The first-order valence-electron chi connectivity index (χ1n) is 18.8. The van der Waals surface area contributed by atoms with Gasteiger partial charge in [-0.25, -0.2) is 25.3 Å². The Morgan fingerprint density at radius 1 is 0.803 bits per heavy atom. The van der Waals surface area contributed by atoms with Crippen molar-refractivity contribution < 1.29 is 147 Å². The van der Waals surface area contributed by atoms with Gasteiger partial charge in [-0.05, 0) is 104 Å². The first-order chi connectivity index (χ1) is 26.8. The zero-order valence-corrected chi connectivity index (χ0v) is 45.6. The summed E-state index contributed by atoms with van der Waals surface area (Å²) in [5, 5.41) is 14.1. The summed E-state index contributed by atoms with van der Waals surface area (Å²) in [5.41, 5.74) is 5.74. The van der Waals surface area contributed by atoms with Crippen LogP contribution in [-0.2, 0) is 50.6 Å². The van der Waals surface area contributed by atoms with Gasteiger partial charge in [0.25, 0.3) is 0 Å². The molecule has 3 aliphatic rings. The molecule has 318 valence electrons. The van der Waals surface area contributed by atoms with Crippen LogP contribution >= 0.6 is 12.0 Å². The Morgan fingerprint density at radius 3 is 2.05 bits per heavy atom. The largest absolute Gasteiger partial charge is 1.00 e. The number of rotatable bonds is 17. The van der Waals surface area contributed by atoms with E-state index in [0.29, 0.717) is 42.1 Å². The maximum absolute atomic E-state index is 12.0. The molecule has 2 heterocycles. The number of anilines is 1. The van der Waals surface area contributed by atoms with Gasteiger partial charge in [-0.1, -0.05) is 45.9 Å². The Bertz CT molecular complexity index is 2430. The predicted molar refractivity (Wildman–Crippen MR) is 216 cm³/mol. The zero-order chi connectivity index (χ0) is 42.9. The van der Waals surface area contributed by atoms with Crippen LogP contribution in [0, 0.1) is 5.41 Å². The van der Waals surface area contributed by atoms with E-state index in [1.165, 1.54) is 12.1 Å². The van der Waals surface area contributed by atoms with E-state index in [9.17, 15) is 44.2 Å². The van der Waals surface area contributed by atoms with Gasteiger partial charge < -0.3 is 23.8 Å². The first-order valence-corrected chi connectivity index (χ1v) is 24.1. The van der Waals surface area contributed by atoms with Gasteiger partial charge in [0, 0.05) is 63.9 Å². The second-order valence-corrected chi connectivity index (χ2v) is 22.0. The summed E-state index contributed by atoms with van der Waals surface area (Å²) in [4.78, 5) is 2.47. The van der Waals surface area contributed by atoms with Crippen LogP contribution in [0.4, 0.5) is 11.4 Å². The molecule has 5 rings (SSSR count). The van der Waals surface area contributed by atoms with E-state index >= 15 is 0 Å². The molecule has 0 radical (unpaired) electrons. The van der Waals surface area contributed by atoms with Crippen LogP contribution in [0.2, 0.25) is 0 Å². The minimum absolute atomic E-state index is 0. The first kappa shape index (κ1) is 57.0. The average molecular weight is 947 g/mol. The molecule has 0 saturated carbocycles. The molecule has 0 amide bonds. The quantitative estimate of drug-likeness (QED) is 0.0290. The SMILES string of the molecule is CC1(C)CC(/C=C2/N(CCCCS(=O)(=O)[O-])c3ccc(SOO[O-])cc3C2(C)C)=CC(=C/C=CC2=[N+](CCCCS(=O)(=O)[O-])c3ccc(S(=O)(=O)[O-])cc3C2(C)C)/C1.[Na+].[Na+].[Na+]. The zero-order valence-electron chi connectivity index (χ0n) is 36.3. The smallest absolute Gasteiger partial charge is 0.748 e. The number of unbranched alkanes of at least 4 members (excludes halogenated alkanes) is 2. The molecular weight excluding hydrogens is 898 g/mol. The van der Waals surface area contributed by atoms with Crippen LogP contribution in [0.25, 0.3) is 0 Å². The molecule has 0 aromatic heterocycles. The number of fused-ring (bicyclic) bond motifs is 2. The van der Waals surface area contributed by atoms with Crippen molar-refractivity contribution in [2.24, 2.45) is 5.41 Å². The molecule has 0 atom stereocenters. The van der Waals surface area contributed by atoms with Crippen molar-refractivity contribution in [1.82, 2.24) is 0 Å². The topological polar surface area (TPSA) is 219 Å². The average Bonchev–Trinajstić information content (AvgIpc) is 3.43. The molecule has 0 spiro atoms. The Balaban J connectivity index is 0.00000427.